The Morgan fingerprint density at radius 1 is 1.14 bits per heavy atom. The first-order valence-corrected chi connectivity index (χ1v) is 6.87. The first kappa shape index (κ1) is 15.5. The predicted molar refractivity (Wildman–Crippen MR) is 85.1 cm³/mol. The Morgan fingerprint density at radius 3 is 2.45 bits per heavy atom. The van der Waals surface area contributed by atoms with Gasteiger partial charge in [0, 0.05) is 31.9 Å². The molecule has 1 N–H and O–H groups in total. The summed E-state index contributed by atoms with van der Waals surface area (Å²) in [7, 11) is 1.92. The molecule has 0 fully saturated rings. The van der Waals surface area contributed by atoms with Crippen LogP contribution in [0.15, 0.2) is 54.6 Å². The molecule has 0 aliphatic rings. The van der Waals surface area contributed by atoms with E-state index in [0.29, 0.717) is 13.1 Å². The minimum absolute atomic E-state index is 0.0786. The standard InChI is InChI=1S/C16H17N3O3/c1-18(13-7-3-2-4-8-13)12-11-17-16(20)14-9-5-6-10-15(14)19(21)22/h2-10H,11-12H2,1H3,(H,17,20). The fourth-order valence-corrected chi connectivity index (χ4v) is 2.07. The molecule has 0 saturated carbocycles. The molecule has 0 bridgehead atoms. The van der Waals surface area contributed by atoms with Gasteiger partial charge >= 0.3 is 0 Å². The number of carbonyl (C=O) groups is 1. The molecule has 2 rings (SSSR count). The van der Waals surface area contributed by atoms with Crippen LogP contribution in [0.3, 0.4) is 0 Å². The van der Waals surface area contributed by atoms with Crippen molar-refractivity contribution in [3.05, 3.63) is 70.3 Å². The molecule has 1 amide bonds. The highest BCUT2D eigenvalue weighted by atomic mass is 16.6. The maximum absolute atomic E-state index is 12.1. The number of para-hydroxylation sites is 2. The molecule has 6 nitrogen and oxygen atoms in total. The van der Waals surface area contributed by atoms with Crippen molar-refractivity contribution in [2.24, 2.45) is 0 Å². The van der Waals surface area contributed by atoms with Gasteiger partial charge in [0.15, 0.2) is 0 Å². The Kier molecular flexibility index (Phi) is 5.08. The summed E-state index contributed by atoms with van der Waals surface area (Å²) in [4.78, 5) is 24.4. The average Bonchev–Trinajstić information content (AvgIpc) is 2.55. The third-order valence-electron chi connectivity index (χ3n) is 3.28. The van der Waals surface area contributed by atoms with Crippen LogP contribution < -0.4 is 10.2 Å². The van der Waals surface area contributed by atoms with Gasteiger partial charge in [-0.3, -0.25) is 14.9 Å². The predicted octanol–water partition coefficient (Wildman–Crippen LogP) is 2.46. The van der Waals surface area contributed by atoms with Gasteiger partial charge in [-0.2, -0.15) is 0 Å². The van der Waals surface area contributed by atoms with Crippen LogP contribution in [0.2, 0.25) is 0 Å². The van der Waals surface area contributed by atoms with Gasteiger partial charge in [-0.1, -0.05) is 30.3 Å². The first-order chi connectivity index (χ1) is 10.6. The van der Waals surface area contributed by atoms with Gasteiger partial charge in [0.1, 0.15) is 5.56 Å². The SMILES string of the molecule is CN(CCNC(=O)c1ccccc1[N+](=O)[O-])c1ccccc1. The number of rotatable bonds is 6. The van der Waals surface area contributed by atoms with Crippen LogP contribution in [-0.2, 0) is 0 Å². The van der Waals surface area contributed by atoms with Gasteiger partial charge in [0.05, 0.1) is 4.92 Å². The number of hydrogen-bond donors (Lipinski definition) is 1. The second-order valence-corrected chi connectivity index (χ2v) is 4.79. The van der Waals surface area contributed by atoms with Crippen molar-refractivity contribution in [3.63, 3.8) is 0 Å². The molecule has 0 aromatic heterocycles. The average molecular weight is 299 g/mol. The summed E-state index contributed by atoms with van der Waals surface area (Å²) in [5.74, 6) is -0.436. The summed E-state index contributed by atoms with van der Waals surface area (Å²) in [6.45, 7) is 1.01. The number of amides is 1. The maximum atomic E-state index is 12.1. The molecular formula is C16H17N3O3. The van der Waals surface area contributed by atoms with E-state index in [0.717, 1.165) is 5.69 Å². The highest BCUT2D eigenvalue weighted by Crippen LogP contribution is 2.17. The van der Waals surface area contributed by atoms with Crippen molar-refractivity contribution in [3.8, 4) is 0 Å². The zero-order valence-corrected chi connectivity index (χ0v) is 12.2. The fraction of sp³-hybridized carbons (Fsp3) is 0.188. The lowest BCUT2D eigenvalue weighted by Gasteiger charge is -2.19. The van der Waals surface area contributed by atoms with E-state index in [1.807, 2.05) is 42.3 Å². The van der Waals surface area contributed by atoms with Crippen LogP contribution in [0.25, 0.3) is 0 Å². The van der Waals surface area contributed by atoms with Crippen molar-refractivity contribution < 1.29 is 9.72 Å². The lowest BCUT2D eigenvalue weighted by Crippen LogP contribution is -2.33. The molecule has 6 heteroatoms. The number of anilines is 1. The third kappa shape index (κ3) is 3.82. The lowest BCUT2D eigenvalue weighted by atomic mass is 10.1. The summed E-state index contributed by atoms with van der Waals surface area (Å²) in [6, 6.07) is 15.7. The second kappa shape index (κ2) is 7.21. The number of nitrogens with one attached hydrogen (secondary N) is 1. The highest BCUT2D eigenvalue weighted by molar-refractivity contribution is 5.98. The van der Waals surface area contributed by atoms with Crippen LogP contribution in [0.5, 0.6) is 0 Å². The molecule has 0 saturated heterocycles. The third-order valence-corrected chi connectivity index (χ3v) is 3.28. The molecule has 0 unspecified atom stereocenters. The Bertz CT molecular complexity index is 659. The molecule has 0 aliphatic carbocycles. The van der Waals surface area contributed by atoms with E-state index in [1.165, 1.54) is 18.2 Å². The van der Waals surface area contributed by atoms with Crippen molar-refractivity contribution >= 4 is 17.3 Å². The molecule has 2 aromatic rings. The zero-order valence-electron chi connectivity index (χ0n) is 12.2. The van der Waals surface area contributed by atoms with Gasteiger partial charge in [-0.05, 0) is 18.2 Å². The number of nitro groups is 1. The molecule has 0 aliphatic heterocycles. The van der Waals surface area contributed by atoms with Crippen LogP contribution in [0, 0.1) is 10.1 Å². The quantitative estimate of drug-likeness (QED) is 0.656. The van der Waals surface area contributed by atoms with Gasteiger partial charge in [0.2, 0.25) is 0 Å². The number of benzene rings is 2. The summed E-state index contributed by atoms with van der Waals surface area (Å²) in [6.07, 6.45) is 0. The maximum Gasteiger partial charge on any atom is 0.282 e. The van der Waals surface area contributed by atoms with E-state index in [2.05, 4.69) is 5.32 Å². The first-order valence-electron chi connectivity index (χ1n) is 6.87. The van der Waals surface area contributed by atoms with E-state index in [4.69, 9.17) is 0 Å². The van der Waals surface area contributed by atoms with E-state index in [-0.39, 0.29) is 11.3 Å². The number of nitrogens with zero attached hydrogens (tertiary/aromatic N) is 2. The van der Waals surface area contributed by atoms with E-state index in [9.17, 15) is 14.9 Å². The van der Waals surface area contributed by atoms with Crippen molar-refractivity contribution in [2.75, 3.05) is 25.0 Å². The normalized spacial score (nSPS) is 10.0. The topological polar surface area (TPSA) is 75.5 Å². The fourth-order valence-electron chi connectivity index (χ4n) is 2.07. The molecule has 0 radical (unpaired) electrons. The van der Waals surface area contributed by atoms with Gasteiger partial charge in [-0.25, -0.2) is 0 Å². The van der Waals surface area contributed by atoms with Gasteiger partial charge in [0.25, 0.3) is 11.6 Å². The Hall–Kier alpha value is -2.89. The monoisotopic (exact) mass is 299 g/mol. The smallest absolute Gasteiger partial charge is 0.282 e. The number of likely N-dealkylation sites (N-methyl/N-ethyl adjacent to an activating group) is 1. The Balaban J connectivity index is 1.92. The van der Waals surface area contributed by atoms with E-state index < -0.39 is 10.8 Å². The summed E-state index contributed by atoms with van der Waals surface area (Å²) >= 11 is 0. The number of nitro benzene ring substituents is 1. The molecule has 0 atom stereocenters. The van der Waals surface area contributed by atoms with E-state index in [1.54, 1.807) is 6.07 Å². The minimum atomic E-state index is -0.551. The largest absolute Gasteiger partial charge is 0.373 e. The van der Waals surface area contributed by atoms with Crippen molar-refractivity contribution in [1.29, 1.82) is 0 Å². The van der Waals surface area contributed by atoms with Crippen LogP contribution in [0.4, 0.5) is 11.4 Å². The van der Waals surface area contributed by atoms with E-state index >= 15 is 0 Å². The molecule has 2 aromatic carbocycles. The summed E-state index contributed by atoms with van der Waals surface area (Å²) in [5.41, 5.74) is 0.939. The second-order valence-electron chi connectivity index (χ2n) is 4.79. The van der Waals surface area contributed by atoms with Gasteiger partial charge < -0.3 is 10.2 Å². The van der Waals surface area contributed by atoms with Crippen molar-refractivity contribution in [1.82, 2.24) is 5.32 Å². The molecule has 0 heterocycles. The molecule has 114 valence electrons. The van der Waals surface area contributed by atoms with Crippen LogP contribution in [0.1, 0.15) is 10.4 Å². The Morgan fingerprint density at radius 2 is 1.77 bits per heavy atom. The summed E-state index contributed by atoms with van der Waals surface area (Å²) in [5, 5.41) is 13.6. The van der Waals surface area contributed by atoms with Crippen molar-refractivity contribution in [2.45, 2.75) is 0 Å². The highest BCUT2D eigenvalue weighted by Gasteiger charge is 2.18. The Labute approximate surface area is 128 Å². The molecule has 0 spiro atoms. The molecule has 22 heavy (non-hydrogen) atoms. The molecular weight excluding hydrogens is 282 g/mol. The minimum Gasteiger partial charge on any atom is -0.373 e. The number of hydrogen-bond acceptors (Lipinski definition) is 4. The van der Waals surface area contributed by atoms with Crippen LogP contribution in [-0.4, -0.2) is 31.0 Å². The summed E-state index contributed by atoms with van der Waals surface area (Å²) < 4.78 is 0. The number of carbonyl (C=O) groups excluding carboxylic acids is 1. The van der Waals surface area contributed by atoms with Crippen LogP contribution >= 0.6 is 0 Å². The van der Waals surface area contributed by atoms with Gasteiger partial charge in [-0.15, -0.1) is 0 Å². The zero-order chi connectivity index (χ0) is 15.9. The lowest BCUT2D eigenvalue weighted by molar-refractivity contribution is -0.385.